The maximum atomic E-state index is 4.47. The van der Waals surface area contributed by atoms with Crippen molar-refractivity contribution in [1.82, 2.24) is 4.98 Å². The van der Waals surface area contributed by atoms with E-state index in [0.717, 1.165) is 17.6 Å². The number of hydrogen-bond acceptors (Lipinski definition) is 2. The topological polar surface area (TPSA) is 28.1 Å². The van der Waals surface area contributed by atoms with E-state index in [2.05, 4.69) is 39.6 Å². The normalized spacial score (nSPS) is 11.5. The summed E-state index contributed by atoms with van der Waals surface area (Å²) in [6.07, 6.45) is 3.95. The Bertz CT molecular complexity index is 635. The van der Waals surface area contributed by atoms with E-state index >= 15 is 0 Å². The van der Waals surface area contributed by atoms with Crippen LogP contribution in [0, 0.1) is 0 Å². The van der Waals surface area contributed by atoms with Gasteiger partial charge in [0.05, 0.1) is 6.54 Å². The highest BCUT2D eigenvalue weighted by Crippen LogP contribution is 2.16. The van der Waals surface area contributed by atoms with Crippen molar-refractivity contribution in [2.75, 3.05) is 0 Å². The fraction of sp³-hybridized carbons (Fsp3) is 0.0714. The third-order valence-electron chi connectivity index (χ3n) is 2.68. The van der Waals surface area contributed by atoms with E-state index in [4.69, 9.17) is 0 Å². The molecule has 84 valence electrons. The average Bonchev–Trinajstić information content (AvgIpc) is 2.99. The van der Waals surface area contributed by atoms with Gasteiger partial charge in [-0.2, -0.15) is 0 Å². The van der Waals surface area contributed by atoms with Gasteiger partial charge < -0.3 is 4.98 Å². The van der Waals surface area contributed by atoms with Crippen molar-refractivity contribution >= 4 is 28.5 Å². The predicted molar refractivity (Wildman–Crippen MR) is 73.9 cm³/mol. The highest BCUT2D eigenvalue weighted by molar-refractivity contribution is 7.09. The first-order chi connectivity index (χ1) is 8.43. The van der Waals surface area contributed by atoms with Crippen molar-refractivity contribution in [2.45, 2.75) is 6.54 Å². The lowest BCUT2D eigenvalue weighted by molar-refractivity contribution is 1.11. The number of benzene rings is 1. The summed E-state index contributed by atoms with van der Waals surface area (Å²) in [5.41, 5.74) is 2.31. The van der Waals surface area contributed by atoms with E-state index in [1.165, 1.54) is 10.3 Å². The summed E-state index contributed by atoms with van der Waals surface area (Å²) in [6, 6.07) is 12.4. The number of hydrogen-bond donors (Lipinski definition) is 1. The Morgan fingerprint density at radius 1 is 1.18 bits per heavy atom. The lowest BCUT2D eigenvalue weighted by atomic mass is 10.2. The van der Waals surface area contributed by atoms with Crippen molar-refractivity contribution in [2.24, 2.45) is 4.99 Å². The molecule has 2 nitrogen and oxygen atoms in total. The van der Waals surface area contributed by atoms with Gasteiger partial charge in [0.25, 0.3) is 0 Å². The van der Waals surface area contributed by atoms with Crippen molar-refractivity contribution < 1.29 is 0 Å². The average molecular weight is 240 g/mol. The van der Waals surface area contributed by atoms with Crippen LogP contribution < -0.4 is 0 Å². The molecular formula is C14H12N2S. The summed E-state index contributed by atoms with van der Waals surface area (Å²) in [7, 11) is 0. The minimum atomic E-state index is 0.761. The van der Waals surface area contributed by atoms with Crippen LogP contribution in [0.1, 0.15) is 10.4 Å². The van der Waals surface area contributed by atoms with E-state index in [9.17, 15) is 0 Å². The molecule has 0 bridgehead atoms. The van der Waals surface area contributed by atoms with E-state index < -0.39 is 0 Å². The zero-order valence-corrected chi connectivity index (χ0v) is 10.1. The maximum Gasteiger partial charge on any atom is 0.0732 e. The smallest absolute Gasteiger partial charge is 0.0732 e. The molecule has 0 aliphatic carbocycles. The van der Waals surface area contributed by atoms with Gasteiger partial charge in [-0.1, -0.05) is 24.3 Å². The number of nitrogens with zero attached hydrogens (tertiary/aromatic N) is 1. The van der Waals surface area contributed by atoms with E-state index in [0.29, 0.717) is 0 Å². The van der Waals surface area contributed by atoms with E-state index in [1.54, 1.807) is 11.3 Å². The minimum absolute atomic E-state index is 0.761. The molecule has 0 spiro atoms. The summed E-state index contributed by atoms with van der Waals surface area (Å²) in [5.74, 6) is 0. The van der Waals surface area contributed by atoms with Crippen LogP contribution in [0.15, 0.2) is 53.0 Å². The molecule has 17 heavy (non-hydrogen) atoms. The highest BCUT2D eigenvalue weighted by Gasteiger charge is 1.99. The summed E-state index contributed by atoms with van der Waals surface area (Å²) in [4.78, 5) is 9.01. The van der Waals surface area contributed by atoms with Crippen LogP contribution in [0.5, 0.6) is 0 Å². The molecule has 0 radical (unpaired) electrons. The summed E-state index contributed by atoms with van der Waals surface area (Å²) >= 11 is 1.74. The molecule has 0 fully saturated rings. The second-order valence-electron chi connectivity index (χ2n) is 3.84. The van der Waals surface area contributed by atoms with Crippen LogP contribution in [0.25, 0.3) is 10.9 Å². The molecule has 1 aromatic carbocycles. The standard InChI is InChI=1S/C14H12N2S/c1-2-6-14-13(5-1)11(9-16-14)8-15-10-12-4-3-7-17-12/h1-9,16H,10H2. The molecule has 0 amide bonds. The molecule has 1 N–H and O–H groups in total. The monoisotopic (exact) mass is 240 g/mol. The molecule has 0 aliphatic heterocycles. The number of fused-ring (bicyclic) bond motifs is 1. The van der Waals surface area contributed by atoms with Crippen molar-refractivity contribution in [3.8, 4) is 0 Å². The quantitative estimate of drug-likeness (QED) is 0.674. The number of aromatic nitrogens is 1. The second-order valence-corrected chi connectivity index (χ2v) is 4.87. The molecule has 3 heteroatoms. The van der Waals surface area contributed by atoms with Crippen LogP contribution >= 0.6 is 11.3 Å². The fourth-order valence-corrected chi connectivity index (χ4v) is 2.48. The van der Waals surface area contributed by atoms with Crippen LogP contribution in [0.2, 0.25) is 0 Å². The Hall–Kier alpha value is -1.87. The Balaban J connectivity index is 1.83. The van der Waals surface area contributed by atoms with Gasteiger partial charge in [-0.15, -0.1) is 11.3 Å². The largest absolute Gasteiger partial charge is 0.361 e. The van der Waals surface area contributed by atoms with Crippen LogP contribution in [-0.2, 0) is 6.54 Å². The number of rotatable bonds is 3. The zero-order chi connectivity index (χ0) is 11.5. The SMILES string of the molecule is C(=NCc1cccs1)c1c[nH]c2ccccc12. The molecule has 0 saturated carbocycles. The van der Waals surface area contributed by atoms with Crippen LogP contribution in [-0.4, -0.2) is 11.2 Å². The molecule has 2 aromatic heterocycles. The number of aromatic amines is 1. The number of thiophene rings is 1. The van der Waals surface area contributed by atoms with Gasteiger partial charge in [-0.3, -0.25) is 4.99 Å². The highest BCUT2D eigenvalue weighted by atomic mass is 32.1. The Morgan fingerprint density at radius 2 is 2.12 bits per heavy atom. The van der Waals surface area contributed by atoms with Crippen molar-refractivity contribution in [3.05, 3.63) is 58.4 Å². The van der Waals surface area contributed by atoms with Gasteiger partial charge in [0.15, 0.2) is 0 Å². The Kier molecular flexibility index (Phi) is 2.76. The first-order valence-corrected chi connectivity index (χ1v) is 6.40. The molecule has 3 rings (SSSR count). The van der Waals surface area contributed by atoms with Crippen LogP contribution in [0.4, 0.5) is 0 Å². The van der Waals surface area contributed by atoms with E-state index in [-0.39, 0.29) is 0 Å². The number of nitrogens with one attached hydrogen (secondary N) is 1. The van der Waals surface area contributed by atoms with Crippen molar-refractivity contribution in [3.63, 3.8) is 0 Å². The van der Waals surface area contributed by atoms with Crippen LogP contribution in [0.3, 0.4) is 0 Å². The Morgan fingerprint density at radius 3 is 3.00 bits per heavy atom. The molecule has 0 unspecified atom stereocenters. The fourth-order valence-electron chi connectivity index (χ4n) is 1.84. The molecule has 0 saturated heterocycles. The van der Waals surface area contributed by atoms with Crippen molar-refractivity contribution in [1.29, 1.82) is 0 Å². The van der Waals surface area contributed by atoms with Gasteiger partial charge in [-0.25, -0.2) is 0 Å². The number of para-hydroxylation sites is 1. The van der Waals surface area contributed by atoms with Gasteiger partial charge in [0.1, 0.15) is 0 Å². The lowest BCUT2D eigenvalue weighted by Crippen LogP contribution is -1.80. The molecule has 0 aliphatic rings. The summed E-state index contributed by atoms with van der Waals surface area (Å²) < 4.78 is 0. The van der Waals surface area contributed by atoms with E-state index in [1.807, 2.05) is 24.5 Å². The second kappa shape index (κ2) is 4.55. The minimum Gasteiger partial charge on any atom is -0.361 e. The zero-order valence-electron chi connectivity index (χ0n) is 9.26. The predicted octanol–water partition coefficient (Wildman–Crippen LogP) is 3.85. The first kappa shape index (κ1) is 10.3. The maximum absolute atomic E-state index is 4.47. The van der Waals surface area contributed by atoms with Gasteiger partial charge in [0, 0.05) is 33.8 Å². The number of aliphatic imine (C=N–C) groups is 1. The van der Waals surface area contributed by atoms with Gasteiger partial charge >= 0.3 is 0 Å². The molecule has 2 heterocycles. The first-order valence-electron chi connectivity index (χ1n) is 5.52. The summed E-state index contributed by atoms with van der Waals surface area (Å²) in [5, 5.41) is 3.30. The molecular weight excluding hydrogens is 228 g/mol. The van der Waals surface area contributed by atoms with Gasteiger partial charge in [0.2, 0.25) is 0 Å². The summed E-state index contributed by atoms with van der Waals surface area (Å²) in [6.45, 7) is 0.761. The lowest BCUT2D eigenvalue weighted by Gasteiger charge is -1.91. The Labute approximate surface area is 104 Å². The van der Waals surface area contributed by atoms with Gasteiger partial charge in [-0.05, 0) is 17.5 Å². The third-order valence-corrected chi connectivity index (χ3v) is 3.54. The molecule has 0 atom stereocenters. The third kappa shape index (κ3) is 2.15. The number of H-pyrrole nitrogens is 1. The molecule has 3 aromatic rings.